The highest BCUT2D eigenvalue weighted by Crippen LogP contribution is 2.19. The minimum absolute atomic E-state index is 0.0775. The summed E-state index contributed by atoms with van der Waals surface area (Å²) in [5, 5.41) is 0. The second-order valence-corrected chi connectivity index (χ2v) is 7.59. The van der Waals surface area contributed by atoms with Gasteiger partial charge in [-0.15, -0.1) is 0 Å². The van der Waals surface area contributed by atoms with E-state index in [1.165, 1.54) is 10.6 Å². The van der Waals surface area contributed by atoms with Gasteiger partial charge in [0.05, 0.1) is 11.8 Å². The van der Waals surface area contributed by atoms with Gasteiger partial charge in [-0.3, -0.25) is 0 Å². The summed E-state index contributed by atoms with van der Waals surface area (Å²) in [5.41, 5.74) is -0.0775. The molecule has 5 nitrogen and oxygen atoms in total. The minimum Gasteiger partial charge on any atom is -0.478 e. The first-order valence-corrected chi connectivity index (χ1v) is 8.18. The average Bonchev–Trinajstić information content (AvgIpc) is 2.56. The van der Waals surface area contributed by atoms with E-state index in [1.807, 2.05) is 0 Å². The van der Waals surface area contributed by atoms with E-state index >= 15 is 0 Å². The van der Waals surface area contributed by atoms with E-state index in [0.29, 0.717) is 13.2 Å². The van der Waals surface area contributed by atoms with Crippen LogP contribution in [-0.2, 0) is 14.8 Å². The Hall–Kier alpha value is -0.620. The van der Waals surface area contributed by atoms with Crippen LogP contribution >= 0.6 is 0 Å². The molecule has 0 spiro atoms. The Balaban J connectivity index is 2.14. The summed E-state index contributed by atoms with van der Waals surface area (Å²) in [6.07, 6.45) is 4.94. The Morgan fingerprint density at radius 3 is 2.50 bits per heavy atom. The number of nitrogens with zero attached hydrogens (tertiary/aromatic N) is 2. The van der Waals surface area contributed by atoms with Crippen LogP contribution in [0.5, 0.6) is 0 Å². The quantitative estimate of drug-likeness (QED) is 0.664. The van der Waals surface area contributed by atoms with Crippen LogP contribution in [0, 0.1) is 0 Å². The van der Waals surface area contributed by atoms with E-state index in [4.69, 9.17) is 4.74 Å². The van der Waals surface area contributed by atoms with Gasteiger partial charge in [0.25, 0.3) is 0 Å². The van der Waals surface area contributed by atoms with Gasteiger partial charge in [-0.1, -0.05) is 6.42 Å². The van der Waals surface area contributed by atoms with Crippen molar-refractivity contribution in [2.24, 2.45) is 4.99 Å². The summed E-state index contributed by atoms with van der Waals surface area (Å²) >= 11 is 0. The highest BCUT2D eigenvalue weighted by molar-refractivity contribution is 7.88. The van der Waals surface area contributed by atoms with E-state index in [9.17, 15) is 8.42 Å². The lowest BCUT2D eigenvalue weighted by molar-refractivity contribution is 0.273. The third-order valence-corrected chi connectivity index (χ3v) is 4.26. The lowest BCUT2D eigenvalue weighted by atomic mass is 10.1. The second-order valence-electron chi connectivity index (χ2n) is 5.50. The largest absolute Gasteiger partial charge is 0.478 e. The molecule has 0 aliphatic carbocycles. The maximum absolute atomic E-state index is 11.2. The molecule has 18 heavy (non-hydrogen) atoms. The van der Waals surface area contributed by atoms with Gasteiger partial charge in [0.1, 0.15) is 6.61 Å². The number of unbranched alkanes of at least 4 members (excludes halogenated alkanes) is 2. The molecule has 1 aliphatic rings. The predicted molar refractivity (Wildman–Crippen MR) is 73.4 cm³/mol. The van der Waals surface area contributed by atoms with Crippen molar-refractivity contribution < 1.29 is 13.2 Å². The molecule has 0 aromatic carbocycles. The lowest BCUT2D eigenvalue weighted by Crippen LogP contribution is -2.26. The Kier molecular flexibility index (Phi) is 5.16. The van der Waals surface area contributed by atoms with Crippen molar-refractivity contribution in [2.45, 2.75) is 45.1 Å². The summed E-state index contributed by atoms with van der Waals surface area (Å²) in [7, 11) is -1.42. The highest BCUT2D eigenvalue weighted by atomic mass is 32.2. The highest BCUT2D eigenvalue weighted by Gasteiger charge is 2.25. The summed E-state index contributed by atoms with van der Waals surface area (Å²) in [6.45, 7) is 5.36. The SMILES string of the molecule is CN(CCCCCC1=NC(C)(C)CO1)S(C)(=O)=O. The van der Waals surface area contributed by atoms with Gasteiger partial charge in [0.2, 0.25) is 10.0 Å². The number of ether oxygens (including phenoxy) is 1. The van der Waals surface area contributed by atoms with Crippen molar-refractivity contribution >= 4 is 15.9 Å². The topological polar surface area (TPSA) is 59.0 Å². The average molecular weight is 276 g/mol. The van der Waals surface area contributed by atoms with Crippen LogP contribution in [0.25, 0.3) is 0 Å². The van der Waals surface area contributed by atoms with E-state index < -0.39 is 10.0 Å². The number of hydrogen-bond donors (Lipinski definition) is 0. The van der Waals surface area contributed by atoms with Crippen molar-refractivity contribution in [3.8, 4) is 0 Å². The van der Waals surface area contributed by atoms with Crippen molar-refractivity contribution in [1.29, 1.82) is 0 Å². The molecule has 0 saturated heterocycles. The molecule has 0 unspecified atom stereocenters. The van der Waals surface area contributed by atoms with E-state index in [-0.39, 0.29) is 5.54 Å². The monoisotopic (exact) mass is 276 g/mol. The van der Waals surface area contributed by atoms with Crippen LogP contribution in [0.2, 0.25) is 0 Å². The summed E-state index contributed by atoms with van der Waals surface area (Å²) in [6, 6.07) is 0. The molecule has 0 atom stereocenters. The van der Waals surface area contributed by atoms with Gasteiger partial charge in [-0.05, 0) is 26.7 Å². The van der Waals surface area contributed by atoms with Gasteiger partial charge < -0.3 is 4.74 Å². The van der Waals surface area contributed by atoms with Crippen LogP contribution in [-0.4, -0.2) is 50.6 Å². The standard InChI is InChI=1S/C12H24N2O3S/c1-12(2)10-17-11(13-12)8-6-5-7-9-14(3)18(4,15)16/h5-10H2,1-4H3. The van der Waals surface area contributed by atoms with Gasteiger partial charge in [0.15, 0.2) is 5.90 Å². The number of hydrogen-bond acceptors (Lipinski definition) is 4. The Bertz CT molecular complexity index is 402. The minimum atomic E-state index is -3.04. The van der Waals surface area contributed by atoms with Crippen LogP contribution in [0.15, 0.2) is 4.99 Å². The van der Waals surface area contributed by atoms with Crippen LogP contribution in [0.1, 0.15) is 39.5 Å². The molecule has 0 bridgehead atoms. The van der Waals surface area contributed by atoms with Gasteiger partial charge in [0, 0.05) is 20.0 Å². The summed E-state index contributed by atoms with van der Waals surface area (Å²) in [4.78, 5) is 4.48. The zero-order chi connectivity index (χ0) is 13.8. The smallest absolute Gasteiger partial charge is 0.210 e. The van der Waals surface area contributed by atoms with Crippen molar-refractivity contribution in [2.75, 3.05) is 26.5 Å². The zero-order valence-electron chi connectivity index (χ0n) is 11.8. The van der Waals surface area contributed by atoms with Crippen LogP contribution in [0.4, 0.5) is 0 Å². The normalized spacial score (nSPS) is 18.8. The first-order valence-electron chi connectivity index (χ1n) is 6.33. The Labute approximate surface area is 110 Å². The number of aliphatic imine (C=N–C) groups is 1. The maximum atomic E-state index is 11.2. The van der Waals surface area contributed by atoms with Gasteiger partial charge in [-0.2, -0.15) is 0 Å². The number of rotatable bonds is 7. The van der Waals surface area contributed by atoms with Crippen LogP contribution in [0.3, 0.4) is 0 Å². The van der Waals surface area contributed by atoms with Crippen molar-refractivity contribution in [3.05, 3.63) is 0 Å². The molecule has 0 amide bonds. The van der Waals surface area contributed by atoms with Gasteiger partial charge in [-0.25, -0.2) is 17.7 Å². The molecule has 0 aromatic heterocycles. The third-order valence-electron chi connectivity index (χ3n) is 2.95. The molecule has 106 valence electrons. The Morgan fingerprint density at radius 1 is 1.33 bits per heavy atom. The molecule has 0 saturated carbocycles. The molecule has 0 N–H and O–H groups in total. The Morgan fingerprint density at radius 2 is 2.00 bits per heavy atom. The van der Waals surface area contributed by atoms with Gasteiger partial charge >= 0.3 is 0 Å². The number of sulfonamides is 1. The lowest BCUT2D eigenvalue weighted by Gasteiger charge is -2.13. The summed E-state index contributed by atoms with van der Waals surface area (Å²) in [5.74, 6) is 0.844. The zero-order valence-corrected chi connectivity index (χ0v) is 12.6. The predicted octanol–water partition coefficient (Wildman–Crippen LogP) is 1.65. The van der Waals surface area contributed by atoms with E-state index in [2.05, 4.69) is 18.8 Å². The fraction of sp³-hybridized carbons (Fsp3) is 0.917. The molecule has 1 aliphatic heterocycles. The molecular weight excluding hydrogens is 252 g/mol. The molecule has 6 heteroatoms. The van der Waals surface area contributed by atoms with E-state index in [1.54, 1.807) is 7.05 Å². The van der Waals surface area contributed by atoms with Crippen LogP contribution < -0.4 is 0 Å². The summed E-state index contributed by atoms with van der Waals surface area (Å²) < 4.78 is 29.2. The molecule has 1 rings (SSSR count). The third kappa shape index (κ3) is 5.35. The fourth-order valence-electron chi connectivity index (χ4n) is 1.74. The van der Waals surface area contributed by atoms with E-state index in [0.717, 1.165) is 31.6 Å². The first-order chi connectivity index (χ1) is 8.21. The fourth-order valence-corrected chi connectivity index (χ4v) is 2.20. The molecule has 1 heterocycles. The molecule has 0 aromatic rings. The molecule has 0 fully saturated rings. The molecule has 0 radical (unpaired) electrons. The first kappa shape index (κ1) is 15.4. The maximum Gasteiger partial charge on any atom is 0.210 e. The van der Waals surface area contributed by atoms with Crippen molar-refractivity contribution in [1.82, 2.24) is 4.31 Å². The van der Waals surface area contributed by atoms with Crippen molar-refractivity contribution in [3.63, 3.8) is 0 Å². The second kappa shape index (κ2) is 6.02. The molecular formula is C12H24N2O3S.